The minimum Gasteiger partial charge on any atom is -0.357 e. The van der Waals surface area contributed by atoms with Gasteiger partial charge in [-0.15, -0.1) is 24.0 Å². The molecule has 130 valence electrons. The van der Waals surface area contributed by atoms with Crippen LogP contribution in [0.1, 0.15) is 46.0 Å². The standard InChI is InChI=1S/C17H34N4.HI/c1-4-18-17(21-11-5-6-15(2)14-21)19-10-7-16-8-12-20(3)13-9-16;/h15-16H,4-14H2,1-3H3,(H,18,19);1H. The van der Waals surface area contributed by atoms with E-state index in [0.717, 1.165) is 30.9 Å². The first kappa shape index (κ1) is 20.0. The Morgan fingerprint density at radius 2 is 1.91 bits per heavy atom. The summed E-state index contributed by atoms with van der Waals surface area (Å²) in [6, 6.07) is 0. The number of guanidine groups is 1. The van der Waals surface area contributed by atoms with Crippen LogP contribution < -0.4 is 5.32 Å². The summed E-state index contributed by atoms with van der Waals surface area (Å²) in [6.07, 6.45) is 6.63. The van der Waals surface area contributed by atoms with Crippen molar-refractivity contribution in [2.75, 3.05) is 46.3 Å². The molecule has 5 heteroatoms. The molecule has 0 saturated carbocycles. The summed E-state index contributed by atoms with van der Waals surface area (Å²) in [5.74, 6) is 2.83. The summed E-state index contributed by atoms with van der Waals surface area (Å²) in [4.78, 5) is 9.81. The van der Waals surface area contributed by atoms with Gasteiger partial charge in [0.1, 0.15) is 0 Å². The van der Waals surface area contributed by atoms with Gasteiger partial charge in [-0.2, -0.15) is 0 Å². The maximum Gasteiger partial charge on any atom is 0.193 e. The third-order valence-electron chi connectivity index (χ3n) is 4.93. The van der Waals surface area contributed by atoms with Gasteiger partial charge in [-0.1, -0.05) is 6.92 Å². The first-order valence-electron chi connectivity index (χ1n) is 8.90. The van der Waals surface area contributed by atoms with Crippen LogP contribution >= 0.6 is 24.0 Å². The van der Waals surface area contributed by atoms with Gasteiger partial charge in [0.2, 0.25) is 0 Å². The minimum absolute atomic E-state index is 0. The van der Waals surface area contributed by atoms with E-state index in [0.29, 0.717) is 0 Å². The lowest BCUT2D eigenvalue weighted by molar-refractivity contribution is 0.214. The lowest BCUT2D eigenvalue weighted by Gasteiger charge is -2.33. The van der Waals surface area contributed by atoms with Gasteiger partial charge in [-0.05, 0) is 71.0 Å². The Balaban J connectivity index is 0.00000242. The largest absolute Gasteiger partial charge is 0.357 e. The van der Waals surface area contributed by atoms with Gasteiger partial charge in [0.05, 0.1) is 0 Å². The molecule has 1 unspecified atom stereocenters. The van der Waals surface area contributed by atoms with Crippen molar-refractivity contribution in [3.63, 3.8) is 0 Å². The smallest absolute Gasteiger partial charge is 0.193 e. The van der Waals surface area contributed by atoms with Crippen LogP contribution in [0.3, 0.4) is 0 Å². The zero-order valence-electron chi connectivity index (χ0n) is 14.7. The number of nitrogens with zero attached hydrogens (tertiary/aromatic N) is 3. The van der Waals surface area contributed by atoms with Crippen LogP contribution in [0.2, 0.25) is 0 Å². The summed E-state index contributed by atoms with van der Waals surface area (Å²) in [5, 5.41) is 3.49. The summed E-state index contributed by atoms with van der Waals surface area (Å²) in [6.45, 7) is 11.3. The first-order valence-corrected chi connectivity index (χ1v) is 8.90. The number of halogens is 1. The van der Waals surface area contributed by atoms with Crippen molar-refractivity contribution in [2.45, 2.75) is 46.0 Å². The Labute approximate surface area is 154 Å². The van der Waals surface area contributed by atoms with Gasteiger partial charge in [-0.3, -0.25) is 4.99 Å². The van der Waals surface area contributed by atoms with Crippen LogP contribution in [0.25, 0.3) is 0 Å². The van der Waals surface area contributed by atoms with Gasteiger partial charge in [0, 0.05) is 26.2 Å². The third kappa shape index (κ3) is 6.60. The second-order valence-corrected chi connectivity index (χ2v) is 6.96. The highest BCUT2D eigenvalue weighted by Crippen LogP contribution is 2.20. The Morgan fingerprint density at radius 3 is 2.55 bits per heavy atom. The van der Waals surface area contributed by atoms with Crippen LogP contribution in [-0.4, -0.2) is 62.1 Å². The highest BCUT2D eigenvalue weighted by molar-refractivity contribution is 14.0. The molecule has 0 aliphatic carbocycles. The summed E-state index contributed by atoms with van der Waals surface area (Å²) in [7, 11) is 2.23. The maximum atomic E-state index is 4.90. The Bertz CT molecular complexity index is 327. The lowest BCUT2D eigenvalue weighted by atomic mass is 9.94. The molecular weight excluding hydrogens is 387 g/mol. The zero-order chi connectivity index (χ0) is 15.1. The number of aliphatic imine (C=N–C) groups is 1. The number of likely N-dealkylation sites (tertiary alicyclic amines) is 2. The Morgan fingerprint density at radius 1 is 1.18 bits per heavy atom. The van der Waals surface area contributed by atoms with Crippen LogP contribution in [0.5, 0.6) is 0 Å². The Kier molecular flexibility index (Phi) is 9.71. The SMILES string of the molecule is CCNC(=NCCC1CCN(C)CC1)N1CCCC(C)C1.I. The minimum atomic E-state index is 0. The van der Waals surface area contributed by atoms with E-state index >= 15 is 0 Å². The topological polar surface area (TPSA) is 30.9 Å². The van der Waals surface area contributed by atoms with E-state index in [4.69, 9.17) is 4.99 Å². The summed E-state index contributed by atoms with van der Waals surface area (Å²) >= 11 is 0. The van der Waals surface area contributed by atoms with E-state index in [-0.39, 0.29) is 24.0 Å². The van der Waals surface area contributed by atoms with Crippen molar-refractivity contribution in [1.82, 2.24) is 15.1 Å². The van der Waals surface area contributed by atoms with Crippen LogP contribution in [0.15, 0.2) is 4.99 Å². The maximum absolute atomic E-state index is 4.90. The van der Waals surface area contributed by atoms with Crippen LogP contribution in [0, 0.1) is 11.8 Å². The molecule has 1 N–H and O–H groups in total. The molecule has 0 spiro atoms. The number of piperidine rings is 2. The summed E-state index contributed by atoms with van der Waals surface area (Å²) in [5.41, 5.74) is 0. The quantitative estimate of drug-likeness (QED) is 0.429. The van der Waals surface area contributed by atoms with E-state index in [1.165, 1.54) is 58.3 Å². The third-order valence-corrected chi connectivity index (χ3v) is 4.93. The molecule has 2 fully saturated rings. The molecule has 1 atom stereocenters. The predicted octanol–water partition coefficient (Wildman–Crippen LogP) is 3.03. The van der Waals surface area contributed by atoms with Crippen molar-refractivity contribution in [2.24, 2.45) is 16.8 Å². The fraction of sp³-hybridized carbons (Fsp3) is 0.941. The van der Waals surface area contributed by atoms with E-state index in [1.54, 1.807) is 0 Å². The molecule has 4 nitrogen and oxygen atoms in total. The molecule has 0 radical (unpaired) electrons. The molecule has 2 aliphatic heterocycles. The van der Waals surface area contributed by atoms with Gasteiger partial charge >= 0.3 is 0 Å². The lowest BCUT2D eigenvalue weighted by Crippen LogP contribution is -2.46. The molecule has 0 aromatic carbocycles. The second-order valence-electron chi connectivity index (χ2n) is 6.96. The molecule has 2 saturated heterocycles. The van der Waals surface area contributed by atoms with E-state index < -0.39 is 0 Å². The number of hydrogen-bond donors (Lipinski definition) is 1. The van der Waals surface area contributed by atoms with Gasteiger partial charge in [0.15, 0.2) is 5.96 Å². The molecule has 0 amide bonds. The van der Waals surface area contributed by atoms with E-state index in [1.807, 2.05) is 0 Å². The first-order chi connectivity index (χ1) is 10.2. The highest BCUT2D eigenvalue weighted by Gasteiger charge is 2.20. The van der Waals surface area contributed by atoms with Crippen molar-refractivity contribution in [1.29, 1.82) is 0 Å². The number of hydrogen-bond acceptors (Lipinski definition) is 2. The molecule has 22 heavy (non-hydrogen) atoms. The average molecular weight is 422 g/mol. The van der Waals surface area contributed by atoms with Crippen molar-refractivity contribution >= 4 is 29.9 Å². The average Bonchev–Trinajstić information content (AvgIpc) is 2.48. The zero-order valence-corrected chi connectivity index (χ0v) is 17.0. The molecule has 0 bridgehead atoms. The van der Waals surface area contributed by atoms with Gasteiger partial charge in [0.25, 0.3) is 0 Å². The summed E-state index contributed by atoms with van der Waals surface area (Å²) < 4.78 is 0. The monoisotopic (exact) mass is 422 g/mol. The Hall–Kier alpha value is -0.0400. The molecule has 0 aromatic heterocycles. The molecular formula is C17H35IN4. The van der Waals surface area contributed by atoms with Gasteiger partial charge in [-0.25, -0.2) is 0 Å². The van der Waals surface area contributed by atoms with Gasteiger partial charge < -0.3 is 15.1 Å². The highest BCUT2D eigenvalue weighted by atomic mass is 127. The fourth-order valence-electron chi connectivity index (χ4n) is 3.51. The van der Waals surface area contributed by atoms with E-state index in [2.05, 4.69) is 36.0 Å². The van der Waals surface area contributed by atoms with Crippen molar-refractivity contribution < 1.29 is 0 Å². The van der Waals surface area contributed by atoms with Crippen LogP contribution in [-0.2, 0) is 0 Å². The van der Waals surface area contributed by atoms with Crippen LogP contribution in [0.4, 0.5) is 0 Å². The molecule has 2 heterocycles. The van der Waals surface area contributed by atoms with E-state index in [9.17, 15) is 0 Å². The number of nitrogens with one attached hydrogen (secondary N) is 1. The molecule has 2 aliphatic rings. The van der Waals surface area contributed by atoms with Crippen molar-refractivity contribution in [3.8, 4) is 0 Å². The van der Waals surface area contributed by atoms with Crippen molar-refractivity contribution in [3.05, 3.63) is 0 Å². The normalized spacial score (nSPS) is 25.0. The molecule has 0 aromatic rings. The fourth-order valence-corrected chi connectivity index (χ4v) is 3.51. The predicted molar refractivity (Wildman–Crippen MR) is 106 cm³/mol. The number of rotatable bonds is 4. The second kappa shape index (κ2) is 10.7. The molecule has 2 rings (SSSR count).